The minimum Gasteiger partial charge on any atom is -0.392 e. The van der Waals surface area contributed by atoms with Gasteiger partial charge in [-0.1, -0.05) is 12.2 Å². The van der Waals surface area contributed by atoms with E-state index in [-0.39, 0.29) is 17.0 Å². The molecular formula is C9H18N2O3S2. The summed E-state index contributed by atoms with van der Waals surface area (Å²) in [6.45, 7) is 4.51. The van der Waals surface area contributed by atoms with Gasteiger partial charge in [0, 0.05) is 19.1 Å². The molecule has 0 aromatic carbocycles. The smallest absolute Gasteiger partial charge is 0.220 e. The van der Waals surface area contributed by atoms with Crippen molar-refractivity contribution in [3.63, 3.8) is 0 Å². The van der Waals surface area contributed by atoms with E-state index < -0.39 is 15.3 Å². The summed E-state index contributed by atoms with van der Waals surface area (Å²) in [4.78, 5) is -0.0109. The number of hydrogen-bond donors (Lipinski definition) is 2. The Hall–Kier alpha value is -0.240. The maximum Gasteiger partial charge on any atom is 0.220 e. The molecule has 1 aliphatic rings. The van der Waals surface area contributed by atoms with Crippen LogP contribution in [0, 0.1) is 5.92 Å². The van der Waals surface area contributed by atoms with Gasteiger partial charge in [0.2, 0.25) is 10.0 Å². The molecule has 0 amide bonds. The maximum atomic E-state index is 11.7. The van der Waals surface area contributed by atoms with Gasteiger partial charge in [-0.05, 0) is 20.3 Å². The fourth-order valence-corrected chi connectivity index (χ4v) is 2.93. The van der Waals surface area contributed by atoms with E-state index in [0.717, 1.165) is 6.42 Å². The van der Waals surface area contributed by atoms with Crippen molar-refractivity contribution in [1.29, 1.82) is 0 Å². The molecule has 0 aromatic rings. The summed E-state index contributed by atoms with van der Waals surface area (Å²) >= 11 is 4.67. The number of nitrogens with one attached hydrogen (secondary N) is 1. The van der Waals surface area contributed by atoms with E-state index in [0.29, 0.717) is 13.2 Å². The van der Waals surface area contributed by atoms with Crippen molar-refractivity contribution in [2.75, 3.05) is 13.2 Å². The van der Waals surface area contributed by atoms with Gasteiger partial charge in [0.25, 0.3) is 0 Å². The van der Waals surface area contributed by atoms with Gasteiger partial charge in [-0.3, -0.25) is 0 Å². The van der Waals surface area contributed by atoms with Gasteiger partial charge in [-0.2, -0.15) is 0 Å². The topological polar surface area (TPSA) is 81.4 Å². The first-order chi connectivity index (χ1) is 7.34. The molecule has 1 fully saturated rings. The van der Waals surface area contributed by atoms with Crippen LogP contribution >= 0.6 is 12.2 Å². The van der Waals surface area contributed by atoms with Gasteiger partial charge < -0.3 is 10.5 Å². The number of ether oxygens (including phenoxy) is 1. The Kier molecular flexibility index (Phi) is 4.66. The Morgan fingerprint density at radius 2 is 2.31 bits per heavy atom. The van der Waals surface area contributed by atoms with Crippen molar-refractivity contribution < 1.29 is 13.2 Å². The van der Waals surface area contributed by atoms with Gasteiger partial charge in [0.15, 0.2) is 0 Å². The van der Waals surface area contributed by atoms with Crippen LogP contribution in [0.4, 0.5) is 0 Å². The standard InChI is InChI=1S/C9H18N2O3S2/c1-6-8(3-4-14-6)5-11-16(12,13)7(2)9(10)15/h6-8,11H,3-5H2,1-2H3,(H2,10,15). The molecule has 3 N–H and O–H groups in total. The Morgan fingerprint density at radius 3 is 2.75 bits per heavy atom. The lowest BCUT2D eigenvalue weighted by molar-refractivity contribution is 0.107. The zero-order valence-corrected chi connectivity index (χ0v) is 11.1. The quantitative estimate of drug-likeness (QED) is 0.685. The summed E-state index contributed by atoms with van der Waals surface area (Å²) in [5.41, 5.74) is 5.32. The predicted octanol–water partition coefficient (Wildman–Crippen LogP) is 0.00540. The van der Waals surface area contributed by atoms with Crippen LogP contribution in [-0.4, -0.2) is 37.9 Å². The third-order valence-electron chi connectivity index (χ3n) is 2.95. The van der Waals surface area contributed by atoms with Crippen LogP contribution in [0.15, 0.2) is 0 Å². The summed E-state index contributed by atoms with van der Waals surface area (Å²) in [5.74, 6) is 0.230. The molecule has 0 spiro atoms. The second-order valence-electron chi connectivity index (χ2n) is 4.06. The molecule has 1 rings (SSSR count). The van der Waals surface area contributed by atoms with Crippen LogP contribution in [0.1, 0.15) is 20.3 Å². The van der Waals surface area contributed by atoms with E-state index in [1.54, 1.807) is 0 Å². The fourth-order valence-electron chi connectivity index (χ4n) is 1.55. The molecule has 1 heterocycles. The molecule has 0 aromatic heterocycles. The van der Waals surface area contributed by atoms with E-state index in [4.69, 9.17) is 10.5 Å². The molecule has 7 heteroatoms. The second-order valence-corrected chi connectivity index (χ2v) is 6.62. The number of rotatable bonds is 5. The highest BCUT2D eigenvalue weighted by Crippen LogP contribution is 2.19. The number of sulfonamides is 1. The molecular weight excluding hydrogens is 248 g/mol. The highest BCUT2D eigenvalue weighted by molar-refractivity contribution is 7.93. The number of nitrogens with two attached hydrogens (primary N) is 1. The van der Waals surface area contributed by atoms with Crippen molar-refractivity contribution in [2.45, 2.75) is 31.6 Å². The van der Waals surface area contributed by atoms with E-state index in [2.05, 4.69) is 16.9 Å². The molecule has 1 saturated heterocycles. The van der Waals surface area contributed by atoms with Crippen molar-refractivity contribution in [3.8, 4) is 0 Å². The molecule has 0 bridgehead atoms. The molecule has 3 atom stereocenters. The first-order valence-electron chi connectivity index (χ1n) is 5.24. The highest BCUT2D eigenvalue weighted by atomic mass is 32.2. The van der Waals surface area contributed by atoms with Gasteiger partial charge in [-0.15, -0.1) is 0 Å². The zero-order valence-electron chi connectivity index (χ0n) is 9.47. The summed E-state index contributed by atoms with van der Waals surface area (Å²) < 4.78 is 31.3. The van der Waals surface area contributed by atoms with Crippen LogP contribution in [0.5, 0.6) is 0 Å². The largest absolute Gasteiger partial charge is 0.392 e. The molecule has 16 heavy (non-hydrogen) atoms. The fraction of sp³-hybridized carbons (Fsp3) is 0.889. The minimum absolute atomic E-state index is 0.0109. The second kappa shape index (κ2) is 5.39. The van der Waals surface area contributed by atoms with Crippen LogP contribution in [0.2, 0.25) is 0 Å². The van der Waals surface area contributed by atoms with Crippen molar-refractivity contribution in [2.24, 2.45) is 11.7 Å². The SMILES string of the molecule is CC1OCCC1CNS(=O)(=O)C(C)C(N)=S. The zero-order chi connectivity index (χ0) is 12.3. The van der Waals surface area contributed by atoms with Gasteiger partial charge in [-0.25, -0.2) is 13.1 Å². The Bertz CT molecular complexity index is 356. The lowest BCUT2D eigenvalue weighted by atomic mass is 10.0. The van der Waals surface area contributed by atoms with Crippen LogP contribution in [0.25, 0.3) is 0 Å². The van der Waals surface area contributed by atoms with E-state index >= 15 is 0 Å². The first kappa shape index (κ1) is 13.8. The Morgan fingerprint density at radius 1 is 1.69 bits per heavy atom. The Labute approximate surface area is 102 Å². The van der Waals surface area contributed by atoms with E-state index in [1.807, 2.05) is 6.92 Å². The normalized spacial score (nSPS) is 27.9. The monoisotopic (exact) mass is 266 g/mol. The van der Waals surface area contributed by atoms with Crippen LogP contribution < -0.4 is 10.5 Å². The van der Waals surface area contributed by atoms with Crippen LogP contribution in [0.3, 0.4) is 0 Å². The molecule has 0 aliphatic carbocycles. The van der Waals surface area contributed by atoms with Crippen molar-refractivity contribution in [3.05, 3.63) is 0 Å². The van der Waals surface area contributed by atoms with Gasteiger partial charge in [0.05, 0.1) is 11.1 Å². The lowest BCUT2D eigenvalue weighted by Crippen LogP contribution is -2.42. The predicted molar refractivity (Wildman–Crippen MR) is 66.7 cm³/mol. The minimum atomic E-state index is -3.44. The van der Waals surface area contributed by atoms with Crippen LogP contribution in [-0.2, 0) is 14.8 Å². The van der Waals surface area contributed by atoms with Gasteiger partial charge in [0.1, 0.15) is 5.25 Å². The lowest BCUT2D eigenvalue weighted by Gasteiger charge is -2.17. The summed E-state index contributed by atoms with van der Waals surface area (Å²) in [6.07, 6.45) is 0.980. The Balaban J connectivity index is 2.51. The van der Waals surface area contributed by atoms with E-state index in [9.17, 15) is 8.42 Å². The average molecular weight is 266 g/mol. The van der Waals surface area contributed by atoms with Crippen molar-refractivity contribution >= 4 is 27.2 Å². The summed E-state index contributed by atoms with van der Waals surface area (Å²) in [6, 6.07) is 0. The molecule has 5 nitrogen and oxygen atoms in total. The summed E-state index contributed by atoms with van der Waals surface area (Å²) in [7, 11) is -3.44. The molecule has 0 radical (unpaired) electrons. The number of thiocarbonyl (C=S) groups is 1. The van der Waals surface area contributed by atoms with E-state index in [1.165, 1.54) is 6.92 Å². The molecule has 0 saturated carbocycles. The maximum absolute atomic E-state index is 11.7. The molecule has 1 aliphatic heterocycles. The molecule has 94 valence electrons. The first-order valence-corrected chi connectivity index (χ1v) is 7.19. The third kappa shape index (κ3) is 3.38. The number of hydrogen-bond acceptors (Lipinski definition) is 4. The molecule has 3 unspecified atom stereocenters. The third-order valence-corrected chi connectivity index (χ3v) is 5.20. The highest BCUT2D eigenvalue weighted by Gasteiger charge is 2.28. The average Bonchev–Trinajstić information content (AvgIpc) is 2.60. The van der Waals surface area contributed by atoms with Crippen molar-refractivity contribution in [1.82, 2.24) is 4.72 Å². The summed E-state index contributed by atoms with van der Waals surface area (Å²) in [5, 5.41) is -0.833. The van der Waals surface area contributed by atoms with Gasteiger partial charge >= 0.3 is 0 Å².